The van der Waals surface area contributed by atoms with Crippen LogP contribution in [-0.2, 0) is 14.3 Å². The fraction of sp³-hybridized carbons (Fsp3) is 0.500. The molecular weight excluding hydrogens is 284 g/mol. The second-order valence-electron chi connectivity index (χ2n) is 5.59. The lowest BCUT2D eigenvalue weighted by Crippen LogP contribution is -2.25. The first-order valence-electron chi connectivity index (χ1n) is 7.56. The largest absolute Gasteiger partial charge is 0.494 e. The highest BCUT2D eigenvalue weighted by atomic mass is 16.5. The Balaban J connectivity index is 1.76. The minimum atomic E-state index is -0.0918. The Kier molecular flexibility index (Phi) is 4.29. The van der Waals surface area contributed by atoms with Crippen LogP contribution in [0.15, 0.2) is 18.2 Å². The SMILES string of the molecule is COc1cc(NC(=O)C2CCOC2)ccc1N1CCCC1=O. The topological polar surface area (TPSA) is 67.9 Å². The number of rotatable bonds is 4. The van der Waals surface area contributed by atoms with Crippen molar-refractivity contribution in [2.24, 2.45) is 5.92 Å². The summed E-state index contributed by atoms with van der Waals surface area (Å²) in [6, 6.07) is 5.38. The molecule has 0 radical (unpaired) electrons. The lowest BCUT2D eigenvalue weighted by Gasteiger charge is -2.20. The average Bonchev–Trinajstić information content (AvgIpc) is 3.18. The first-order chi connectivity index (χ1) is 10.7. The van der Waals surface area contributed by atoms with E-state index in [1.54, 1.807) is 24.1 Å². The van der Waals surface area contributed by atoms with Crippen LogP contribution in [0.2, 0.25) is 0 Å². The van der Waals surface area contributed by atoms with Gasteiger partial charge in [-0.1, -0.05) is 0 Å². The summed E-state index contributed by atoms with van der Waals surface area (Å²) in [4.78, 5) is 25.7. The zero-order valence-electron chi connectivity index (χ0n) is 12.6. The highest BCUT2D eigenvalue weighted by Crippen LogP contribution is 2.34. The molecule has 118 valence electrons. The molecule has 2 saturated heterocycles. The molecule has 0 saturated carbocycles. The van der Waals surface area contributed by atoms with Crippen LogP contribution in [0.1, 0.15) is 19.3 Å². The summed E-state index contributed by atoms with van der Waals surface area (Å²) < 4.78 is 10.6. The van der Waals surface area contributed by atoms with E-state index < -0.39 is 0 Å². The molecule has 6 heteroatoms. The van der Waals surface area contributed by atoms with Gasteiger partial charge < -0.3 is 19.7 Å². The number of carbonyl (C=O) groups is 2. The number of nitrogens with one attached hydrogen (secondary N) is 1. The first kappa shape index (κ1) is 14.8. The summed E-state index contributed by atoms with van der Waals surface area (Å²) in [6.07, 6.45) is 2.19. The Labute approximate surface area is 129 Å². The fourth-order valence-electron chi connectivity index (χ4n) is 2.87. The van der Waals surface area contributed by atoms with E-state index >= 15 is 0 Å². The molecule has 2 aliphatic heterocycles. The third-order valence-corrected chi connectivity index (χ3v) is 4.11. The number of anilines is 2. The fourth-order valence-corrected chi connectivity index (χ4v) is 2.87. The number of hydrogen-bond acceptors (Lipinski definition) is 4. The van der Waals surface area contributed by atoms with Gasteiger partial charge >= 0.3 is 0 Å². The summed E-state index contributed by atoms with van der Waals surface area (Å²) in [5.41, 5.74) is 1.43. The van der Waals surface area contributed by atoms with Crippen molar-refractivity contribution in [1.82, 2.24) is 0 Å². The molecule has 0 spiro atoms. The standard InChI is InChI=1S/C16H20N2O4/c1-21-14-9-12(17-16(20)11-6-8-22-10-11)4-5-13(14)18-7-2-3-15(18)19/h4-5,9,11H,2-3,6-8,10H2,1H3,(H,17,20). The average molecular weight is 304 g/mol. The number of methoxy groups -OCH3 is 1. The molecule has 0 aromatic heterocycles. The van der Waals surface area contributed by atoms with E-state index in [9.17, 15) is 9.59 Å². The van der Waals surface area contributed by atoms with Gasteiger partial charge in [0, 0.05) is 31.3 Å². The lowest BCUT2D eigenvalue weighted by molar-refractivity contribution is -0.120. The number of benzene rings is 1. The molecule has 1 aromatic carbocycles. The van der Waals surface area contributed by atoms with Crippen LogP contribution in [0.25, 0.3) is 0 Å². The van der Waals surface area contributed by atoms with Gasteiger partial charge in [0.15, 0.2) is 0 Å². The summed E-state index contributed by atoms with van der Waals surface area (Å²) >= 11 is 0. The van der Waals surface area contributed by atoms with Gasteiger partial charge in [0.1, 0.15) is 5.75 Å². The van der Waals surface area contributed by atoms with Gasteiger partial charge in [-0.2, -0.15) is 0 Å². The molecule has 2 amide bonds. The second-order valence-corrected chi connectivity index (χ2v) is 5.59. The molecule has 0 aliphatic carbocycles. The Morgan fingerprint density at radius 3 is 2.95 bits per heavy atom. The Hall–Kier alpha value is -2.08. The minimum Gasteiger partial charge on any atom is -0.494 e. The predicted molar refractivity (Wildman–Crippen MR) is 82.1 cm³/mol. The van der Waals surface area contributed by atoms with Crippen molar-refractivity contribution in [3.05, 3.63) is 18.2 Å². The van der Waals surface area contributed by atoms with E-state index in [0.29, 0.717) is 37.6 Å². The molecule has 1 N–H and O–H groups in total. The van der Waals surface area contributed by atoms with Gasteiger partial charge in [0.2, 0.25) is 11.8 Å². The summed E-state index contributed by atoms with van der Waals surface area (Å²) in [7, 11) is 1.57. The summed E-state index contributed by atoms with van der Waals surface area (Å²) in [5, 5.41) is 2.89. The van der Waals surface area contributed by atoms with Crippen LogP contribution in [0.5, 0.6) is 5.75 Å². The number of ether oxygens (including phenoxy) is 2. The van der Waals surface area contributed by atoms with Gasteiger partial charge in [-0.3, -0.25) is 9.59 Å². The van der Waals surface area contributed by atoms with Crippen molar-refractivity contribution >= 4 is 23.2 Å². The van der Waals surface area contributed by atoms with Crippen molar-refractivity contribution in [3.8, 4) is 5.75 Å². The molecule has 1 unspecified atom stereocenters. The van der Waals surface area contributed by atoms with Crippen molar-refractivity contribution in [1.29, 1.82) is 0 Å². The molecule has 1 aromatic rings. The lowest BCUT2D eigenvalue weighted by atomic mass is 10.1. The predicted octanol–water partition coefficient (Wildman–Crippen LogP) is 1.80. The van der Waals surface area contributed by atoms with E-state index in [4.69, 9.17) is 9.47 Å². The van der Waals surface area contributed by atoms with Gasteiger partial charge in [-0.15, -0.1) is 0 Å². The Bertz CT molecular complexity index is 582. The molecule has 22 heavy (non-hydrogen) atoms. The van der Waals surface area contributed by atoms with E-state index in [1.165, 1.54) is 0 Å². The van der Waals surface area contributed by atoms with Crippen molar-refractivity contribution in [2.75, 3.05) is 37.1 Å². The van der Waals surface area contributed by atoms with Gasteiger partial charge in [-0.25, -0.2) is 0 Å². The highest BCUT2D eigenvalue weighted by molar-refractivity contribution is 5.98. The Morgan fingerprint density at radius 1 is 1.45 bits per heavy atom. The van der Waals surface area contributed by atoms with E-state index in [1.807, 2.05) is 6.07 Å². The monoisotopic (exact) mass is 304 g/mol. The number of carbonyl (C=O) groups excluding carboxylic acids is 2. The van der Waals surface area contributed by atoms with Crippen LogP contribution >= 0.6 is 0 Å². The quantitative estimate of drug-likeness (QED) is 0.921. The number of amides is 2. The van der Waals surface area contributed by atoms with Gasteiger partial charge in [-0.05, 0) is 25.0 Å². The van der Waals surface area contributed by atoms with E-state index in [0.717, 1.165) is 18.5 Å². The molecule has 1 atom stereocenters. The molecular formula is C16H20N2O4. The van der Waals surface area contributed by atoms with Crippen molar-refractivity contribution < 1.29 is 19.1 Å². The zero-order valence-corrected chi connectivity index (χ0v) is 12.6. The van der Waals surface area contributed by atoms with E-state index in [-0.39, 0.29) is 17.7 Å². The van der Waals surface area contributed by atoms with E-state index in [2.05, 4.69) is 5.32 Å². The number of nitrogens with zero attached hydrogens (tertiary/aromatic N) is 1. The van der Waals surface area contributed by atoms with Crippen LogP contribution in [-0.4, -0.2) is 38.7 Å². The maximum atomic E-state index is 12.1. The third-order valence-electron chi connectivity index (χ3n) is 4.11. The molecule has 6 nitrogen and oxygen atoms in total. The molecule has 2 heterocycles. The van der Waals surface area contributed by atoms with Crippen molar-refractivity contribution in [2.45, 2.75) is 19.3 Å². The highest BCUT2D eigenvalue weighted by Gasteiger charge is 2.26. The second kappa shape index (κ2) is 6.36. The molecule has 2 fully saturated rings. The van der Waals surface area contributed by atoms with Crippen LogP contribution in [0.4, 0.5) is 11.4 Å². The first-order valence-corrected chi connectivity index (χ1v) is 7.56. The molecule has 3 rings (SSSR count). The maximum Gasteiger partial charge on any atom is 0.229 e. The van der Waals surface area contributed by atoms with Gasteiger partial charge in [0.05, 0.1) is 25.3 Å². The van der Waals surface area contributed by atoms with Crippen molar-refractivity contribution in [3.63, 3.8) is 0 Å². The molecule has 2 aliphatic rings. The van der Waals surface area contributed by atoms with Crippen LogP contribution in [0, 0.1) is 5.92 Å². The number of hydrogen-bond donors (Lipinski definition) is 1. The normalized spacial score (nSPS) is 21.2. The molecule has 0 bridgehead atoms. The Morgan fingerprint density at radius 2 is 2.32 bits per heavy atom. The third kappa shape index (κ3) is 2.92. The summed E-state index contributed by atoms with van der Waals surface area (Å²) in [6.45, 7) is 1.82. The summed E-state index contributed by atoms with van der Waals surface area (Å²) in [5.74, 6) is 0.573. The van der Waals surface area contributed by atoms with Crippen LogP contribution < -0.4 is 15.0 Å². The smallest absolute Gasteiger partial charge is 0.229 e. The minimum absolute atomic E-state index is 0.0375. The maximum absolute atomic E-state index is 12.1. The van der Waals surface area contributed by atoms with Gasteiger partial charge in [0.25, 0.3) is 0 Å². The van der Waals surface area contributed by atoms with Crippen LogP contribution in [0.3, 0.4) is 0 Å². The zero-order chi connectivity index (χ0) is 15.5.